The van der Waals surface area contributed by atoms with Crippen LogP contribution >= 0.6 is 0 Å². The van der Waals surface area contributed by atoms with Crippen molar-refractivity contribution >= 4 is 5.91 Å². The molecule has 136 valence electrons. The van der Waals surface area contributed by atoms with Gasteiger partial charge in [-0.05, 0) is 37.4 Å². The number of pyridine rings is 1. The first kappa shape index (κ1) is 16.9. The molecule has 0 saturated carbocycles. The minimum atomic E-state index is -0.177. The minimum absolute atomic E-state index is 0.135. The molecule has 0 radical (unpaired) electrons. The number of β-amino-alcohol motifs (C(OH)–C–C–N with tert-alkyl or cyclic N) is 1. The Kier molecular flexibility index (Phi) is 5.01. The van der Waals surface area contributed by atoms with Crippen LogP contribution in [0, 0.1) is 5.92 Å². The van der Waals surface area contributed by atoms with E-state index < -0.39 is 0 Å². The van der Waals surface area contributed by atoms with Crippen molar-refractivity contribution in [2.24, 2.45) is 5.92 Å². The average Bonchev–Trinajstić information content (AvgIpc) is 3.00. The van der Waals surface area contributed by atoms with E-state index in [4.69, 9.17) is 0 Å². The van der Waals surface area contributed by atoms with Crippen LogP contribution in [0.15, 0.2) is 24.5 Å². The fourth-order valence-electron chi connectivity index (χ4n) is 4.37. The lowest BCUT2D eigenvalue weighted by Gasteiger charge is -2.46. The van der Waals surface area contributed by atoms with E-state index in [1.807, 2.05) is 17.2 Å². The number of likely N-dealkylation sites (tertiary alicyclic amines) is 3. The van der Waals surface area contributed by atoms with Crippen LogP contribution in [0.3, 0.4) is 0 Å². The molecule has 0 aromatic carbocycles. The third-order valence-corrected chi connectivity index (χ3v) is 5.87. The van der Waals surface area contributed by atoms with Gasteiger partial charge in [0.2, 0.25) is 5.91 Å². The molecule has 1 N–H and O–H groups in total. The number of aliphatic hydroxyl groups is 1. The molecule has 3 aliphatic heterocycles. The summed E-state index contributed by atoms with van der Waals surface area (Å²) in [6.45, 7) is 6.22. The third kappa shape index (κ3) is 3.86. The molecule has 4 rings (SSSR count). The first-order valence-electron chi connectivity index (χ1n) is 9.51. The normalized spacial score (nSPS) is 28.9. The minimum Gasteiger partial charge on any atom is -0.392 e. The zero-order chi connectivity index (χ0) is 17.2. The van der Waals surface area contributed by atoms with E-state index >= 15 is 0 Å². The SMILES string of the molecule is O=C(C1CCCN(Cc2cccnc2)C1)N1CC(N2CCC(O)C2)C1. The molecular weight excluding hydrogens is 316 g/mol. The van der Waals surface area contributed by atoms with Gasteiger partial charge in [-0.1, -0.05) is 6.07 Å². The van der Waals surface area contributed by atoms with Crippen molar-refractivity contribution in [3.63, 3.8) is 0 Å². The molecule has 2 atom stereocenters. The van der Waals surface area contributed by atoms with Gasteiger partial charge in [0.1, 0.15) is 0 Å². The Morgan fingerprint density at radius 1 is 1.20 bits per heavy atom. The zero-order valence-corrected chi connectivity index (χ0v) is 14.8. The Bertz CT molecular complexity index is 590. The first-order chi connectivity index (χ1) is 12.2. The standard InChI is InChI=1S/C19H28N4O2/c24-18-5-8-22(14-18)17-12-23(13-17)19(25)16-4-2-7-21(11-16)10-15-3-1-6-20-9-15/h1,3,6,9,16-18,24H,2,4-5,7-8,10-14H2. The van der Waals surface area contributed by atoms with Crippen molar-refractivity contribution in [1.82, 2.24) is 19.7 Å². The lowest BCUT2D eigenvalue weighted by atomic mass is 9.94. The van der Waals surface area contributed by atoms with E-state index in [2.05, 4.69) is 20.9 Å². The summed E-state index contributed by atoms with van der Waals surface area (Å²) in [7, 11) is 0. The number of piperidine rings is 1. The van der Waals surface area contributed by atoms with Crippen molar-refractivity contribution in [3.05, 3.63) is 30.1 Å². The van der Waals surface area contributed by atoms with Crippen LogP contribution in [-0.4, -0.2) is 82.1 Å². The molecule has 3 fully saturated rings. The summed E-state index contributed by atoms with van der Waals surface area (Å²) in [6, 6.07) is 4.52. The Labute approximate surface area is 149 Å². The molecule has 0 bridgehead atoms. The number of aromatic nitrogens is 1. The first-order valence-corrected chi connectivity index (χ1v) is 9.51. The van der Waals surface area contributed by atoms with E-state index in [0.717, 1.165) is 65.1 Å². The number of amides is 1. The van der Waals surface area contributed by atoms with Crippen LogP contribution in [0.5, 0.6) is 0 Å². The van der Waals surface area contributed by atoms with Crippen molar-refractivity contribution in [2.75, 3.05) is 39.3 Å². The highest BCUT2D eigenvalue weighted by Crippen LogP contribution is 2.26. The van der Waals surface area contributed by atoms with E-state index in [-0.39, 0.29) is 12.0 Å². The van der Waals surface area contributed by atoms with Crippen molar-refractivity contribution in [2.45, 2.75) is 38.0 Å². The zero-order valence-electron chi connectivity index (χ0n) is 14.8. The predicted octanol–water partition coefficient (Wildman–Crippen LogP) is 0.571. The van der Waals surface area contributed by atoms with Gasteiger partial charge in [0, 0.05) is 57.7 Å². The summed E-state index contributed by atoms with van der Waals surface area (Å²) in [4.78, 5) is 23.7. The maximum atomic E-state index is 12.8. The topological polar surface area (TPSA) is 59.9 Å². The lowest BCUT2D eigenvalue weighted by Crippen LogP contribution is -2.62. The van der Waals surface area contributed by atoms with Crippen LogP contribution in [0.25, 0.3) is 0 Å². The van der Waals surface area contributed by atoms with Gasteiger partial charge < -0.3 is 10.0 Å². The van der Waals surface area contributed by atoms with Crippen molar-refractivity contribution < 1.29 is 9.90 Å². The van der Waals surface area contributed by atoms with E-state index in [1.54, 1.807) is 6.20 Å². The summed E-state index contributed by atoms with van der Waals surface area (Å²) < 4.78 is 0. The highest BCUT2D eigenvalue weighted by atomic mass is 16.3. The van der Waals surface area contributed by atoms with Crippen molar-refractivity contribution in [1.29, 1.82) is 0 Å². The van der Waals surface area contributed by atoms with Gasteiger partial charge in [-0.2, -0.15) is 0 Å². The fourth-order valence-corrected chi connectivity index (χ4v) is 4.37. The Morgan fingerprint density at radius 2 is 2.08 bits per heavy atom. The maximum absolute atomic E-state index is 12.8. The Hall–Kier alpha value is -1.50. The van der Waals surface area contributed by atoms with Gasteiger partial charge in [-0.15, -0.1) is 0 Å². The van der Waals surface area contributed by atoms with Gasteiger partial charge in [0.15, 0.2) is 0 Å². The van der Waals surface area contributed by atoms with Crippen LogP contribution in [0.4, 0.5) is 0 Å². The fraction of sp³-hybridized carbons (Fsp3) is 0.684. The quantitative estimate of drug-likeness (QED) is 0.865. The molecule has 0 aliphatic carbocycles. The highest BCUT2D eigenvalue weighted by molar-refractivity contribution is 5.80. The molecular formula is C19H28N4O2. The largest absolute Gasteiger partial charge is 0.392 e. The molecule has 3 aliphatic rings. The molecule has 25 heavy (non-hydrogen) atoms. The van der Waals surface area contributed by atoms with Crippen LogP contribution < -0.4 is 0 Å². The Balaban J connectivity index is 1.26. The second kappa shape index (κ2) is 7.40. The second-order valence-electron chi connectivity index (χ2n) is 7.77. The smallest absolute Gasteiger partial charge is 0.227 e. The van der Waals surface area contributed by atoms with Gasteiger partial charge in [0.25, 0.3) is 0 Å². The molecule has 1 aromatic heterocycles. The van der Waals surface area contributed by atoms with E-state index in [1.165, 1.54) is 5.56 Å². The summed E-state index contributed by atoms with van der Waals surface area (Å²) in [5.41, 5.74) is 1.22. The van der Waals surface area contributed by atoms with Crippen LogP contribution in [0.1, 0.15) is 24.8 Å². The molecule has 3 saturated heterocycles. The predicted molar refractivity (Wildman–Crippen MR) is 94.8 cm³/mol. The third-order valence-electron chi connectivity index (χ3n) is 5.87. The molecule has 1 aromatic rings. The molecule has 2 unspecified atom stereocenters. The number of carbonyl (C=O) groups is 1. The van der Waals surface area contributed by atoms with Crippen molar-refractivity contribution in [3.8, 4) is 0 Å². The highest BCUT2D eigenvalue weighted by Gasteiger charge is 2.40. The number of carbonyl (C=O) groups excluding carboxylic acids is 1. The molecule has 1 amide bonds. The van der Waals surface area contributed by atoms with Gasteiger partial charge in [-0.25, -0.2) is 0 Å². The number of nitrogens with zero attached hydrogens (tertiary/aromatic N) is 4. The molecule has 6 nitrogen and oxygen atoms in total. The maximum Gasteiger partial charge on any atom is 0.227 e. The molecule has 6 heteroatoms. The number of hydrogen-bond donors (Lipinski definition) is 1. The molecule has 0 spiro atoms. The summed E-state index contributed by atoms with van der Waals surface area (Å²) in [5, 5.41) is 9.67. The second-order valence-corrected chi connectivity index (χ2v) is 7.77. The number of rotatable bonds is 4. The summed E-state index contributed by atoms with van der Waals surface area (Å²) in [5.74, 6) is 0.461. The number of hydrogen-bond acceptors (Lipinski definition) is 5. The molecule has 4 heterocycles. The number of aliphatic hydroxyl groups excluding tert-OH is 1. The average molecular weight is 344 g/mol. The Morgan fingerprint density at radius 3 is 2.80 bits per heavy atom. The van der Waals surface area contributed by atoms with Crippen LogP contribution in [-0.2, 0) is 11.3 Å². The van der Waals surface area contributed by atoms with Crippen LogP contribution in [0.2, 0.25) is 0 Å². The monoisotopic (exact) mass is 344 g/mol. The van der Waals surface area contributed by atoms with E-state index in [0.29, 0.717) is 11.9 Å². The summed E-state index contributed by atoms with van der Waals surface area (Å²) >= 11 is 0. The van der Waals surface area contributed by atoms with Gasteiger partial charge >= 0.3 is 0 Å². The lowest BCUT2D eigenvalue weighted by molar-refractivity contribution is -0.144. The van der Waals surface area contributed by atoms with E-state index in [9.17, 15) is 9.90 Å². The van der Waals surface area contributed by atoms with Gasteiger partial charge in [-0.3, -0.25) is 19.6 Å². The summed E-state index contributed by atoms with van der Waals surface area (Å²) in [6.07, 6.45) is 6.50. The van der Waals surface area contributed by atoms with Gasteiger partial charge in [0.05, 0.1) is 12.0 Å².